The predicted octanol–water partition coefficient (Wildman–Crippen LogP) is 1.71. The first kappa shape index (κ1) is 49.4. The van der Waals surface area contributed by atoms with Crippen LogP contribution in [0.2, 0.25) is 0 Å². The van der Waals surface area contributed by atoms with Crippen molar-refractivity contribution in [1.82, 2.24) is 30.8 Å². The number of nitrogens with zero attached hydrogens (tertiary/aromatic N) is 3. The Morgan fingerprint density at radius 1 is 0.985 bits per heavy atom. The van der Waals surface area contributed by atoms with Crippen molar-refractivity contribution in [2.75, 3.05) is 39.1 Å². The zero-order valence-electron chi connectivity index (χ0n) is 38.3. The molecule has 6 rings (SSSR count). The topological polar surface area (TPSA) is 328 Å². The van der Waals surface area contributed by atoms with Gasteiger partial charge in [-0.1, -0.05) is 19.9 Å². The monoisotopic (exact) mass is 925 g/mol. The van der Waals surface area contributed by atoms with E-state index in [2.05, 4.69) is 39.8 Å². The summed E-state index contributed by atoms with van der Waals surface area (Å²) in [5.74, 6) is -5.32. The number of hydrogen-bond donors (Lipinski definition) is 10. The molecule has 0 saturated carbocycles. The van der Waals surface area contributed by atoms with Crippen LogP contribution in [0, 0.1) is 6.92 Å². The third kappa shape index (κ3) is 10.7. The highest BCUT2D eigenvalue weighted by atomic mass is 16.5. The summed E-state index contributed by atoms with van der Waals surface area (Å²) < 4.78 is 11.9. The number of carbonyl (C=O) groups excluding carboxylic acids is 4. The van der Waals surface area contributed by atoms with Crippen LogP contribution in [0.1, 0.15) is 84.9 Å². The molecule has 0 spiro atoms. The van der Waals surface area contributed by atoms with E-state index < -0.39 is 65.6 Å². The van der Waals surface area contributed by atoms with E-state index in [1.165, 1.54) is 40.0 Å². The molecule has 3 aromatic carbocycles. The summed E-state index contributed by atoms with van der Waals surface area (Å²) >= 11 is 0. The van der Waals surface area contributed by atoms with E-state index in [0.717, 1.165) is 28.9 Å². The van der Waals surface area contributed by atoms with Crippen molar-refractivity contribution in [1.29, 1.82) is 0 Å². The molecule has 1 aromatic heterocycles. The third-order valence-electron chi connectivity index (χ3n) is 12.1. The number of aliphatic hydroxyl groups excluding tert-OH is 1. The lowest BCUT2D eigenvalue weighted by Crippen LogP contribution is -2.54. The number of carbonyl (C=O) groups is 5. The maximum absolute atomic E-state index is 14.5. The van der Waals surface area contributed by atoms with Gasteiger partial charge in [-0.3, -0.25) is 19.2 Å². The van der Waals surface area contributed by atoms with E-state index in [1.54, 1.807) is 24.3 Å². The number of aromatic nitrogens is 2. The van der Waals surface area contributed by atoms with Gasteiger partial charge in [-0.05, 0) is 111 Å². The number of phenolic OH excluding ortho intramolecular Hbond substituents is 2. The number of phenols is 2. The Hall–Kier alpha value is -7.03. The highest BCUT2D eigenvalue weighted by Crippen LogP contribution is 2.46. The number of nitrogen functional groups attached to an aromatic ring is 1. The smallest absolute Gasteiger partial charge is 0.326 e. The molecule has 4 bridgehead atoms. The van der Waals surface area contributed by atoms with E-state index in [-0.39, 0.29) is 88.4 Å². The van der Waals surface area contributed by atoms with E-state index in [4.69, 9.17) is 26.7 Å². The van der Waals surface area contributed by atoms with Crippen LogP contribution in [0.4, 0.5) is 5.82 Å². The number of nitrogens with two attached hydrogens (primary N) is 3. The summed E-state index contributed by atoms with van der Waals surface area (Å²) in [6.07, 6.45) is 0.793. The predicted molar refractivity (Wildman–Crippen MR) is 246 cm³/mol. The SMILES string of the molecule is Cc1nc(-c2cc3c(cc2O)C(C)(C)CC3)nc(N)c1C(=O)N[C@@H](C)C(=O)N(C)[C@@H]1C(=O)N[C@@H](C)C(=O)N[C@H](C(=O)O)Cc2ccc(OCCCN)c(c2)-c2cc1cc(OC[C@H](O)CN)c2O. The molecule has 4 amide bonds. The van der Waals surface area contributed by atoms with Crippen molar-refractivity contribution >= 4 is 35.4 Å². The van der Waals surface area contributed by atoms with Crippen LogP contribution in [0.3, 0.4) is 0 Å². The molecule has 0 unspecified atom stereocenters. The van der Waals surface area contributed by atoms with Gasteiger partial charge in [0.1, 0.15) is 59.8 Å². The number of amides is 4. The first-order valence-corrected chi connectivity index (χ1v) is 21.9. The average molecular weight is 926 g/mol. The number of hydrogen-bond acceptors (Lipinski definition) is 15. The Balaban J connectivity index is 1.39. The molecule has 0 radical (unpaired) electrons. The van der Waals surface area contributed by atoms with Gasteiger partial charge >= 0.3 is 5.97 Å². The highest BCUT2D eigenvalue weighted by molar-refractivity contribution is 6.02. The molecule has 2 aliphatic rings. The van der Waals surface area contributed by atoms with Crippen LogP contribution in [-0.2, 0) is 37.4 Å². The Labute approximate surface area is 387 Å². The fourth-order valence-electron chi connectivity index (χ4n) is 8.29. The minimum Gasteiger partial charge on any atom is -0.507 e. The molecule has 0 saturated heterocycles. The molecule has 5 atom stereocenters. The van der Waals surface area contributed by atoms with Gasteiger partial charge in [-0.2, -0.15) is 0 Å². The lowest BCUT2D eigenvalue weighted by atomic mass is 9.86. The normalized spacial score (nSPS) is 18.6. The molecule has 1 aliphatic carbocycles. The zero-order chi connectivity index (χ0) is 49.1. The second kappa shape index (κ2) is 20.2. The molecule has 4 aromatic rings. The lowest BCUT2D eigenvalue weighted by Gasteiger charge is -2.32. The number of fused-ring (bicyclic) bond motifs is 6. The second-order valence-electron chi connectivity index (χ2n) is 17.6. The number of likely N-dealkylation sites (N-methyl/N-ethyl adjacent to an activating group) is 1. The summed E-state index contributed by atoms with van der Waals surface area (Å²) in [7, 11) is 1.29. The number of aryl methyl sites for hydroxylation is 2. The Kier molecular flexibility index (Phi) is 14.9. The van der Waals surface area contributed by atoms with Crippen molar-refractivity contribution in [3.63, 3.8) is 0 Å². The number of nitrogens with one attached hydrogen (secondary N) is 3. The van der Waals surface area contributed by atoms with E-state index >= 15 is 0 Å². The number of ether oxygens (including phenoxy) is 2. The molecule has 20 heteroatoms. The van der Waals surface area contributed by atoms with E-state index in [0.29, 0.717) is 24.1 Å². The third-order valence-corrected chi connectivity index (χ3v) is 12.1. The Bertz CT molecular complexity index is 2560. The molecule has 67 heavy (non-hydrogen) atoms. The van der Waals surface area contributed by atoms with Crippen LogP contribution < -0.4 is 42.6 Å². The minimum absolute atomic E-state index is 0.0341. The Morgan fingerprint density at radius 3 is 2.39 bits per heavy atom. The molecular weight excluding hydrogens is 867 g/mol. The van der Waals surface area contributed by atoms with E-state index in [9.17, 15) is 44.4 Å². The van der Waals surface area contributed by atoms with Gasteiger partial charge in [0.15, 0.2) is 17.3 Å². The quantitative estimate of drug-likeness (QED) is 0.0805. The average Bonchev–Trinajstić information content (AvgIpc) is 3.57. The maximum Gasteiger partial charge on any atom is 0.326 e. The van der Waals surface area contributed by atoms with Crippen molar-refractivity contribution in [3.8, 4) is 45.5 Å². The molecule has 2 heterocycles. The number of aliphatic carboxylic acids is 1. The van der Waals surface area contributed by atoms with Crippen molar-refractivity contribution < 1.29 is 53.9 Å². The van der Waals surface area contributed by atoms with Crippen LogP contribution in [0.5, 0.6) is 23.0 Å². The number of carboxylic acids is 1. The molecule has 20 nitrogen and oxygen atoms in total. The zero-order valence-corrected chi connectivity index (χ0v) is 38.3. The minimum atomic E-state index is -1.62. The fraction of sp³-hybridized carbons (Fsp3) is 0.426. The summed E-state index contributed by atoms with van der Waals surface area (Å²) in [5, 5.41) is 51.0. The number of rotatable bonds is 14. The standard InChI is InChI=1S/C47H59N9O11/c1-22-37(40(50)55-41(51-22)31-16-26-10-11-47(4,5)32(26)19-34(31)58)43(61)53-24(3)45(63)56(6)38-27-17-30(39(59)36(18-27)67-21-28(57)20-49)29-14-25(8-9-35(29)66-13-7-12-48)15-33(46(64)65)54-42(60)23(2)52-44(38)62/h8-9,14,16-19,23-24,28,33,38,57-59H,7,10-13,15,20-21,48-49H2,1-6H3,(H,52,62)(H,53,61)(H,54,60)(H,64,65)(H2,50,51,55)/t23-,24-,28+,33-,38-/m0/s1. The summed E-state index contributed by atoms with van der Waals surface area (Å²) in [5.41, 5.74) is 20.8. The van der Waals surface area contributed by atoms with Crippen molar-refractivity contribution in [3.05, 3.63) is 76.0 Å². The molecular formula is C47H59N9O11. The molecule has 0 fully saturated rings. The molecule has 358 valence electrons. The largest absolute Gasteiger partial charge is 0.507 e. The lowest BCUT2D eigenvalue weighted by molar-refractivity contribution is -0.143. The van der Waals surface area contributed by atoms with Gasteiger partial charge in [-0.25, -0.2) is 14.8 Å². The van der Waals surface area contributed by atoms with Gasteiger partial charge in [0, 0.05) is 31.1 Å². The summed E-state index contributed by atoms with van der Waals surface area (Å²) in [6.45, 7) is 8.35. The van der Waals surface area contributed by atoms with E-state index in [1.807, 2.05) is 6.07 Å². The molecule has 1 aliphatic heterocycles. The maximum atomic E-state index is 14.5. The number of anilines is 1. The number of carboxylic acid groups (broad SMARTS) is 1. The first-order chi connectivity index (χ1) is 31.6. The first-order valence-electron chi connectivity index (χ1n) is 21.9. The van der Waals surface area contributed by atoms with Crippen LogP contribution in [-0.4, -0.2) is 122 Å². The van der Waals surface area contributed by atoms with Gasteiger partial charge in [-0.15, -0.1) is 0 Å². The summed E-state index contributed by atoms with van der Waals surface area (Å²) in [6, 6.07) is 5.23. The second-order valence-corrected chi connectivity index (χ2v) is 17.6. The van der Waals surface area contributed by atoms with Gasteiger partial charge in [0.2, 0.25) is 17.7 Å². The van der Waals surface area contributed by atoms with Crippen LogP contribution in [0.25, 0.3) is 22.5 Å². The Morgan fingerprint density at radius 2 is 1.72 bits per heavy atom. The van der Waals surface area contributed by atoms with Gasteiger partial charge in [0.25, 0.3) is 5.91 Å². The van der Waals surface area contributed by atoms with Crippen LogP contribution in [0.15, 0.2) is 42.5 Å². The molecule has 13 N–H and O–H groups in total. The number of aromatic hydroxyl groups is 2. The fourth-order valence-corrected chi connectivity index (χ4v) is 8.29. The van der Waals surface area contributed by atoms with Gasteiger partial charge < -0.3 is 68.0 Å². The number of benzene rings is 3. The van der Waals surface area contributed by atoms with Crippen molar-refractivity contribution in [2.45, 2.75) is 96.0 Å². The van der Waals surface area contributed by atoms with Crippen molar-refractivity contribution in [2.24, 2.45) is 11.5 Å². The summed E-state index contributed by atoms with van der Waals surface area (Å²) in [4.78, 5) is 78.7. The van der Waals surface area contributed by atoms with Crippen LogP contribution >= 0.6 is 0 Å². The van der Waals surface area contributed by atoms with Gasteiger partial charge in [0.05, 0.1) is 17.9 Å². The highest BCUT2D eigenvalue weighted by Gasteiger charge is 2.37. The number of aliphatic hydroxyl groups is 1.